The van der Waals surface area contributed by atoms with Crippen LogP contribution in [0.2, 0.25) is 0 Å². The van der Waals surface area contributed by atoms with Crippen LogP contribution in [0.15, 0.2) is 36.5 Å². The van der Waals surface area contributed by atoms with Gasteiger partial charge in [-0.15, -0.1) is 0 Å². The van der Waals surface area contributed by atoms with Gasteiger partial charge in [0.2, 0.25) is 0 Å². The molecule has 0 unspecified atom stereocenters. The molecule has 0 aliphatic carbocycles. The summed E-state index contributed by atoms with van der Waals surface area (Å²) >= 11 is 0. The van der Waals surface area contributed by atoms with E-state index in [2.05, 4.69) is 4.98 Å². The standard InChI is InChI=1S/C15H18N2O/c1-10(2)18-12-4-5-14(16)13(9-12)15-8-11(3)6-7-17-15/h4-10H,16H2,1-3H3. The van der Waals surface area contributed by atoms with Crippen molar-refractivity contribution in [1.82, 2.24) is 4.98 Å². The maximum absolute atomic E-state index is 6.01. The van der Waals surface area contributed by atoms with E-state index in [0.717, 1.165) is 22.6 Å². The van der Waals surface area contributed by atoms with Crippen LogP contribution in [0.5, 0.6) is 5.75 Å². The molecule has 0 aliphatic heterocycles. The molecule has 0 bridgehead atoms. The van der Waals surface area contributed by atoms with Crippen molar-refractivity contribution in [1.29, 1.82) is 0 Å². The largest absolute Gasteiger partial charge is 0.491 e. The van der Waals surface area contributed by atoms with Crippen LogP contribution in [-0.2, 0) is 0 Å². The summed E-state index contributed by atoms with van der Waals surface area (Å²) in [5.74, 6) is 0.817. The smallest absolute Gasteiger partial charge is 0.120 e. The highest BCUT2D eigenvalue weighted by Crippen LogP contribution is 2.29. The van der Waals surface area contributed by atoms with Crippen LogP contribution in [0.25, 0.3) is 11.3 Å². The van der Waals surface area contributed by atoms with E-state index in [1.165, 1.54) is 0 Å². The normalized spacial score (nSPS) is 10.7. The quantitative estimate of drug-likeness (QED) is 0.839. The van der Waals surface area contributed by atoms with Crippen molar-refractivity contribution >= 4 is 5.69 Å². The van der Waals surface area contributed by atoms with Crippen LogP contribution in [-0.4, -0.2) is 11.1 Å². The van der Waals surface area contributed by atoms with Gasteiger partial charge in [-0.05, 0) is 56.7 Å². The molecule has 94 valence electrons. The second kappa shape index (κ2) is 5.08. The molecule has 3 nitrogen and oxygen atoms in total. The van der Waals surface area contributed by atoms with Gasteiger partial charge in [-0.3, -0.25) is 4.98 Å². The predicted molar refractivity (Wildman–Crippen MR) is 74.6 cm³/mol. The number of nitrogens with two attached hydrogens (primary N) is 1. The fourth-order valence-corrected chi connectivity index (χ4v) is 1.79. The number of nitrogens with zero attached hydrogens (tertiary/aromatic N) is 1. The molecule has 2 N–H and O–H groups in total. The lowest BCUT2D eigenvalue weighted by Crippen LogP contribution is -2.06. The van der Waals surface area contributed by atoms with Gasteiger partial charge in [0.25, 0.3) is 0 Å². The molecular weight excluding hydrogens is 224 g/mol. The monoisotopic (exact) mass is 242 g/mol. The van der Waals surface area contributed by atoms with Gasteiger partial charge < -0.3 is 10.5 Å². The second-order valence-electron chi connectivity index (χ2n) is 4.63. The number of aromatic nitrogens is 1. The van der Waals surface area contributed by atoms with E-state index in [1.54, 1.807) is 6.20 Å². The molecule has 0 radical (unpaired) electrons. The number of ether oxygens (including phenoxy) is 1. The molecule has 2 rings (SSSR count). The first-order valence-electron chi connectivity index (χ1n) is 6.05. The van der Waals surface area contributed by atoms with Crippen molar-refractivity contribution in [3.8, 4) is 17.0 Å². The molecule has 0 aliphatic rings. The summed E-state index contributed by atoms with van der Waals surface area (Å²) in [6, 6.07) is 9.67. The number of aryl methyl sites for hydroxylation is 1. The first-order chi connectivity index (χ1) is 8.56. The van der Waals surface area contributed by atoms with Crippen LogP contribution < -0.4 is 10.5 Å². The van der Waals surface area contributed by atoms with Crippen molar-refractivity contribution in [2.45, 2.75) is 26.9 Å². The molecule has 0 saturated carbocycles. The molecule has 1 aromatic heterocycles. The Kier molecular flexibility index (Phi) is 3.51. The lowest BCUT2D eigenvalue weighted by Gasteiger charge is -2.12. The summed E-state index contributed by atoms with van der Waals surface area (Å²) in [7, 11) is 0. The van der Waals surface area contributed by atoms with E-state index in [9.17, 15) is 0 Å². The van der Waals surface area contributed by atoms with Crippen molar-refractivity contribution in [2.75, 3.05) is 5.73 Å². The Morgan fingerprint density at radius 2 is 1.94 bits per heavy atom. The molecule has 1 aromatic carbocycles. The zero-order valence-electron chi connectivity index (χ0n) is 11.0. The third kappa shape index (κ3) is 2.80. The van der Waals surface area contributed by atoms with Gasteiger partial charge in [0.1, 0.15) is 5.75 Å². The van der Waals surface area contributed by atoms with Crippen LogP contribution in [0.1, 0.15) is 19.4 Å². The van der Waals surface area contributed by atoms with Gasteiger partial charge >= 0.3 is 0 Å². The lowest BCUT2D eigenvalue weighted by atomic mass is 10.1. The Hall–Kier alpha value is -2.03. The minimum Gasteiger partial charge on any atom is -0.491 e. The lowest BCUT2D eigenvalue weighted by molar-refractivity contribution is 0.242. The fourth-order valence-electron chi connectivity index (χ4n) is 1.79. The van der Waals surface area contributed by atoms with Gasteiger partial charge in [0, 0.05) is 17.4 Å². The molecule has 2 aromatic rings. The van der Waals surface area contributed by atoms with E-state index >= 15 is 0 Å². The number of benzene rings is 1. The van der Waals surface area contributed by atoms with Crippen molar-refractivity contribution in [3.63, 3.8) is 0 Å². The van der Waals surface area contributed by atoms with E-state index in [1.807, 2.05) is 51.1 Å². The van der Waals surface area contributed by atoms with Crippen molar-refractivity contribution in [2.24, 2.45) is 0 Å². The fraction of sp³-hybridized carbons (Fsp3) is 0.267. The Balaban J connectivity index is 2.43. The third-order valence-corrected chi connectivity index (χ3v) is 2.59. The maximum Gasteiger partial charge on any atom is 0.120 e. The number of hydrogen-bond donors (Lipinski definition) is 1. The molecule has 0 spiro atoms. The number of anilines is 1. The predicted octanol–water partition coefficient (Wildman–Crippen LogP) is 3.43. The summed E-state index contributed by atoms with van der Waals surface area (Å²) in [4.78, 5) is 4.36. The first kappa shape index (κ1) is 12.4. The summed E-state index contributed by atoms with van der Waals surface area (Å²) < 4.78 is 5.68. The number of nitrogen functional groups attached to an aromatic ring is 1. The van der Waals surface area contributed by atoms with Gasteiger partial charge in [0.05, 0.1) is 11.8 Å². The van der Waals surface area contributed by atoms with E-state index in [-0.39, 0.29) is 6.10 Å². The highest BCUT2D eigenvalue weighted by atomic mass is 16.5. The van der Waals surface area contributed by atoms with Gasteiger partial charge in [0.15, 0.2) is 0 Å². The molecular formula is C15H18N2O. The number of hydrogen-bond acceptors (Lipinski definition) is 3. The third-order valence-electron chi connectivity index (χ3n) is 2.59. The van der Waals surface area contributed by atoms with Gasteiger partial charge in [-0.1, -0.05) is 0 Å². The van der Waals surface area contributed by atoms with Gasteiger partial charge in [-0.2, -0.15) is 0 Å². The summed E-state index contributed by atoms with van der Waals surface area (Å²) in [5, 5.41) is 0. The topological polar surface area (TPSA) is 48.1 Å². The minimum absolute atomic E-state index is 0.145. The molecule has 0 fully saturated rings. The number of rotatable bonds is 3. The molecule has 3 heteroatoms. The summed E-state index contributed by atoms with van der Waals surface area (Å²) in [5.41, 5.74) is 9.67. The molecule has 0 atom stereocenters. The van der Waals surface area contributed by atoms with Crippen LogP contribution >= 0.6 is 0 Å². The van der Waals surface area contributed by atoms with Gasteiger partial charge in [-0.25, -0.2) is 0 Å². The van der Waals surface area contributed by atoms with Crippen LogP contribution in [0.3, 0.4) is 0 Å². The zero-order chi connectivity index (χ0) is 13.1. The Bertz CT molecular complexity index is 550. The average molecular weight is 242 g/mol. The molecule has 1 heterocycles. The molecule has 18 heavy (non-hydrogen) atoms. The molecule has 0 saturated heterocycles. The van der Waals surface area contributed by atoms with Crippen molar-refractivity contribution in [3.05, 3.63) is 42.1 Å². The summed E-state index contributed by atoms with van der Waals surface area (Å²) in [6.45, 7) is 6.04. The highest BCUT2D eigenvalue weighted by molar-refractivity contribution is 5.75. The highest BCUT2D eigenvalue weighted by Gasteiger charge is 2.07. The van der Waals surface area contributed by atoms with Crippen molar-refractivity contribution < 1.29 is 4.74 Å². The minimum atomic E-state index is 0.145. The molecule has 0 amide bonds. The van der Waals surface area contributed by atoms with Crippen LogP contribution in [0.4, 0.5) is 5.69 Å². The number of pyridine rings is 1. The van der Waals surface area contributed by atoms with E-state index in [4.69, 9.17) is 10.5 Å². The second-order valence-corrected chi connectivity index (χ2v) is 4.63. The Labute approximate surface area is 108 Å². The maximum atomic E-state index is 6.01. The first-order valence-corrected chi connectivity index (χ1v) is 6.05. The Morgan fingerprint density at radius 3 is 2.61 bits per heavy atom. The zero-order valence-corrected chi connectivity index (χ0v) is 11.0. The van der Waals surface area contributed by atoms with E-state index < -0.39 is 0 Å². The SMILES string of the molecule is Cc1ccnc(-c2cc(OC(C)C)ccc2N)c1. The van der Waals surface area contributed by atoms with Crippen LogP contribution in [0, 0.1) is 6.92 Å². The average Bonchev–Trinajstić information content (AvgIpc) is 2.31. The Morgan fingerprint density at radius 1 is 1.17 bits per heavy atom. The summed E-state index contributed by atoms with van der Waals surface area (Å²) in [6.07, 6.45) is 1.94. The van der Waals surface area contributed by atoms with E-state index in [0.29, 0.717) is 5.69 Å².